The molecule has 6 heteroatoms. The van der Waals surface area contributed by atoms with E-state index >= 15 is 0 Å². The molecule has 19 heavy (non-hydrogen) atoms. The summed E-state index contributed by atoms with van der Waals surface area (Å²) < 4.78 is 12.0. The van der Waals surface area contributed by atoms with Gasteiger partial charge in [0.15, 0.2) is 6.23 Å². The minimum atomic E-state index is -2.57. The number of nitrogens with zero attached hydrogens (tertiary/aromatic N) is 1. The van der Waals surface area contributed by atoms with Gasteiger partial charge in [-0.1, -0.05) is 30.3 Å². The summed E-state index contributed by atoms with van der Waals surface area (Å²) in [6, 6.07) is 9.37. The minimum absolute atomic E-state index is 0.165. The summed E-state index contributed by atoms with van der Waals surface area (Å²) in [5.74, 6) is -0.392. The molecule has 2 atom stereocenters. The number of hydrogen-bond donors (Lipinski definition) is 1. The molecule has 1 aromatic carbocycles. The summed E-state index contributed by atoms with van der Waals surface area (Å²) in [6.45, 7) is 3.32. The second-order valence-corrected chi connectivity index (χ2v) is 8.58. The number of carbonyl (C=O) groups excluding carboxylic acids is 1. The smallest absolute Gasteiger partial charge is 0.259 e. The fraction of sp³-hybridized carbons (Fsp3) is 0.462. The molecule has 1 N–H and O–H groups in total. The zero-order valence-electron chi connectivity index (χ0n) is 11.0. The van der Waals surface area contributed by atoms with Crippen LogP contribution in [-0.4, -0.2) is 41.3 Å². The van der Waals surface area contributed by atoms with Gasteiger partial charge in [0.25, 0.3) is 5.91 Å². The van der Waals surface area contributed by atoms with Crippen molar-refractivity contribution in [3.8, 4) is 0 Å². The second-order valence-electron chi connectivity index (χ2n) is 5.09. The molecular formula is C13H18NO4P. The van der Waals surface area contributed by atoms with Gasteiger partial charge in [0.05, 0.1) is 12.8 Å². The zero-order chi connectivity index (χ0) is 14.0. The minimum Gasteiger partial charge on any atom is -0.371 e. The molecule has 1 aromatic rings. The molecular weight excluding hydrogens is 265 g/mol. The van der Waals surface area contributed by atoms with Crippen LogP contribution in [0.5, 0.6) is 0 Å². The van der Waals surface area contributed by atoms with Crippen LogP contribution in [0.1, 0.15) is 12.0 Å². The lowest BCUT2D eigenvalue weighted by molar-refractivity contribution is -0.225. The van der Waals surface area contributed by atoms with E-state index in [1.807, 2.05) is 30.3 Å². The van der Waals surface area contributed by atoms with E-state index in [1.165, 1.54) is 0 Å². The van der Waals surface area contributed by atoms with Crippen LogP contribution in [0.4, 0.5) is 0 Å². The summed E-state index contributed by atoms with van der Waals surface area (Å²) in [6.07, 6.45) is -0.854. The molecule has 2 unspecified atom stereocenters. The van der Waals surface area contributed by atoms with Gasteiger partial charge in [0, 0.05) is 6.42 Å². The van der Waals surface area contributed by atoms with E-state index in [9.17, 15) is 14.5 Å². The highest BCUT2D eigenvalue weighted by Crippen LogP contribution is 2.48. The van der Waals surface area contributed by atoms with Gasteiger partial charge in [0.1, 0.15) is 6.61 Å². The van der Waals surface area contributed by atoms with Crippen molar-refractivity contribution >= 4 is 13.0 Å². The topological polar surface area (TPSA) is 66.8 Å². The third-order valence-electron chi connectivity index (χ3n) is 3.17. The first-order chi connectivity index (χ1) is 8.89. The molecule has 0 bridgehead atoms. The van der Waals surface area contributed by atoms with Crippen LogP contribution in [0.25, 0.3) is 0 Å². The predicted molar refractivity (Wildman–Crippen MR) is 71.9 cm³/mol. The van der Waals surface area contributed by atoms with Crippen molar-refractivity contribution in [3.63, 3.8) is 0 Å². The van der Waals surface area contributed by atoms with Crippen molar-refractivity contribution in [1.82, 2.24) is 5.06 Å². The maximum atomic E-state index is 12.1. The summed E-state index contributed by atoms with van der Waals surface area (Å²) in [5.41, 5.74) is 0.264. The highest BCUT2D eigenvalue weighted by atomic mass is 31.2. The van der Waals surface area contributed by atoms with E-state index in [-0.39, 0.29) is 13.0 Å². The van der Waals surface area contributed by atoms with Gasteiger partial charge >= 0.3 is 0 Å². The van der Waals surface area contributed by atoms with Crippen LogP contribution in [0, 0.1) is 0 Å². The maximum Gasteiger partial charge on any atom is 0.259 e. The van der Waals surface area contributed by atoms with E-state index < -0.39 is 24.9 Å². The Morgan fingerprint density at radius 2 is 2.00 bits per heavy atom. The quantitative estimate of drug-likeness (QED) is 0.853. The number of hydrogen-bond acceptors (Lipinski definition) is 4. The van der Waals surface area contributed by atoms with E-state index in [2.05, 4.69) is 0 Å². The Bertz CT molecular complexity index is 499. The Kier molecular flexibility index (Phi) is 4.09. The molecule has 0 aliphatic carbocycles. The Balaban J connectivity index is 2.01. The largest absolute Gasteiger partial charge is 0.371 e. The summed E-state index contributed by atoms with van der Waals surface area (Å²) >= 11 is 0. The Morgan fingerprint density at radius 3 is 2.53 bits per heavy atom. The first-order valence-electron chi connectivity index (χ1n) is 6.12. The normalized spacial score (nSPS) is 23.9. The first-order valence-corrected chi connectivity index (χ1v) is 8.79. The SMILES string of the molecule is CP(C)(=O)C1CC(O)N(OCc2ccccc2)C1=O. The van der Waals surface area contributed by atoms with Crippen molar-refractivity contribution < 1.29 is 19.3 Å². The molecule has 104 valence electrons. The first kappa shape index (κ1) is 14.3. The molecule has 1 amide bonds. The van der Waals surface area contributed by atoms with E-state index in [0.717, 1.165) is 10.6 Å². The van der Waals surface area contributed by atoms with Crippen molar-refractivity contribution in [1.29, 1.82) is 0 Å². The molecule has 0 aromatic heterocycles. The molecule has 2 rings (SSSR count). The van der Waals surface area contributed by atoms with Gasteiger partial charge < -0.3 is 9.67 Å². The van der Waals surface area contributed by atoms with Crippen molar-refractivity contribution in [2.75, 3.05) is 13.3 Å². The molecule has 1 fully saturated rings. The number of rotatable bonds is 4. The van der Waals surface area contributed by atoms with Gasteiger partial charge in [-0.2, -0.15) is 5.06 Å². The lowest BCUT2D eigenvalue weighted by Crippen LogP contribution is -2.34. The van der Waals surface area contributed by atoms with Crippen LogP contribution in [0.2, 0.25) is 0 Å². The fourth-order valence-electron chi connectivity index (χ4n) is 2.08. The summed E-state index contributed by atoms with van der Waals surface area (Å²) in [4.78, 5) is 17.4. The highest BCUT2D eigenvalue weighted by Gasteiger charge is 2.45. The highest BCUT2D eigenvalue weighted by molar-refractivity contribution is 7.64. The molecule has 0 radical (unpaired) electrons. The lowest BCUT2D eigenvalue weighted by Gasteiger charge is -2.20. The van der Waals surface area contributed by atoms with Crippen molar-refractivity contribution in [2.24, 2.45) is 0 Å². The van der Waals surface area contributed by atoms with Gasteiger partial charge in [-0.25, -0.2) is 0 Å². The standard InChI is InChI=1S/C13H18NO4P/c1-19(2,17)11-8-12(15)14(13(11)16)18-9-10-6-4-3-5-7-10/h3-7,11-12,15H,8-9H2,1-2H3. The van der Waals surface area contributed by atoms with Crippen LogP contribution >= 0.6 is 7.14 Å². The van der Waals surface area contributed by atoms with Crippen LogP contribution in [0.15, 0.2) is 30.3 Å². The van der Waals surface area contributed by atoms with E-state index in [1.54, 1.807) is 13.3 Å². The van der Waals surface area contributed by atoms with Gasteiger partial charge in [0.2, 0.25) is 0 Å². The third-order valence-corrected chi connectivity index (χ3v) is 5.10. The molecule has 0 saturated carbocycles. The Labute approximate surface area is 112 Å². The molecule has 5 nitrogen and oxygen atoms in total. The molecule has 1 heterocycles. The monoisotopic (exact) mass is 283 g/mol. The van der Waals surface area contributed by atoms with Crippen LogP contribution in [0.3, 0.4) is 0 Å². The maximum absolute atomic E-state index is 12.1. The van der Waals surface area contributed by atoms with Crippen molar-refractivity contribution in [2.45, 2.75) is 24.9 Å². The molecule has 1 aliphatic heterocycles. The summed E-state index contributed by atoms with van der Waals surface area (Å²) in [5, 5.41) is 10.8. The number of aliphatic hydroxyl groups is 1. The number of amides is 1. The fourth-order valence-corrected chi connectivity index (χ4v) is 3.42. The zero-order valence-corrected chi connectivity index (χ0v) is 11.9. The molecule has 1 aliphatic rings. The molecule has 0 spiro atoms. The second kappa shape index (κ2) is 5.45. The lowest BCUT2D eigenvalue weighted by atomic mass is 10.2. The Hall–Kier alpha value is -1.16. The number of carbonyl (C=O) groups is 1. The number of aliphatic hydroxyl groups excluding tert-OH is 1. The van der Waals surface area contributed by atoms with E-state index in [0.29, 0.717) is 0 Å². The Morgan fingerprint density at radius 1 is 1.37 bits per heavy atom. The number of benzene rings is 1. The van der Waals surface area contributed by atoms with Crippen molar-refractivity contribution in [3.05, 3.63) is 35.9 Å². The third kappa shape index (κ3) is 3.24. The van der Waals surface area contributed by atoms with Crippen LogP contribution < -0.4 is 0 Å². The summed E-state index contributed by atoms with van der Waals surface area (Å²) in [7, 11) is -2.57. The van der Waals surface area contributed by atoms with Gasteiger partial charge in [-0.3, -0.25) is 9.63 Å². The van der Waals surface area contributed by atoms with E-state index in [4.69, 9.17) is 4.84 Å². The van der Waals surface area contributed by atoms with Gasteiger partial charge in [-0.15, -0.1) is 0 Å². The average molecular weight is 283 g/mol. The van der Waals surface area contributed by atoms with Gasteiger partial charge in [-0.05, 0) is 18.9 Å². The molecule has 1 saturated heterocycles. The van der Waals surface area contributed by atoms with Crippen LogP contribution in [-0.2, 0) is 20.8 Å². The average Bonchev–Trinajstić information content (AvgIpc) is 2.64. The number of hydroxylamine groups is 2. The predicted octanol–water partition coefficient (Wildman–Crippen LogP) is 1.66.